The van der Waals surface area contributed by atoms with Crippen molar-refractivity contribution in [2.75, 3.05) is 0 Å². The maximum Gasteiger partial charge on any atom is 0.0696 e. The molecule has 0 aliphatic heterocycles. The fourth-order valence-corrected chi connectivity index (χ4v) is 1.56. The van der Waals surface area contributed by atoms with E-state index in [1.807, 2.05) is 18.2 Å². The monoisotopic (exact) mass is 198 g/mol. The van der Waals surface area contributed by atoms with Crippen molar-refractivity contribution in [3.63, 3.8) is 0 Å². The predicted octanol–water partition coefficient (Wildman–Crippen LogP) is 3.23. The molecule has 76 valence electrons. The van der Waals surface area contributed by atoms with E-state index in [1.54, 1.807) is 13.0 Å². The summed E-state index contributed by atoms with van der Waals surface area (Å²) in [4.78, 5) is 0. The highest BCUT2D eigenvalue weighted by atomic mass is 16.3. The molecule has 0 heterocycles. The number of hydrogen-bond acceptors (Lipinski definition) is 1. The first kappa shape index (κ1) is 9.94. The Labute approximate surface area is 89.7 Å². The minimum atomic E-state index is -0.392. The number of hydrogen-bond donors (Lipinski definition) is 1. The molecule has 1 N–H and O–H groups in total. The van der Waals surface area contributed by atoms with Crippen molar-refractivity contribution in [2.24, 2.45) is 0 Å². The van der Waals surface area contributed by atoms with E-state index in [0.717, 1.165) is 5.56 Å². The molecule has 0 aliphatic rings. The van der Waals surface area contributed by atoms with Crippen molar-refractivity contribution in [2.45, 2.75) is 13.0 Å². The summed E-state index contributed by atoms with van der Waals surface area (Å²) < 4.78 is 0. The molecule has 0 saturated carbocycles. The summed E-state index contributed by atoms with van der Waals surface area (Å²) in [5.74, 6) is 0. The molecule has 0 amide bonds. The van der Waals surface area contributed by atoms with Gasteiger partial charge in [-0.15, -0.1) is 0 Å². The zero-order chi connectivity index (χ0) is 10.7. The fourth-order valence-electron chi connectivity index (χ4n) is 1.56. The van der Waals surface area contributed by atoms with Crippen molar-refractivity contribution in [3.05, 3.63) is 54.1 Å². The Morgan fingerprint density at radius 2 is 1.80 bits per heavy atom. The molecule has 1 atom stereocenters. The van der Waals surface area contributed by atoms with Crippen LogP contribution in [0.1, 0.15) is 12.5 Å². The average molecular weight is 198 g/mol. The summed E-state index contributed by atoms with van der Waals surface area (Å²) in [7, 11) is 0. The van der Waals surface area contributed by atoms with E-state index in [9.17, 15) is 0 Å². The smallest absolute Gasteiger partial charge is 0.0696 e. The van der Waals surface area contributed by atoms with E-state index in [1.165, 1.54) is 10.8 Å². The van der Waals surface area contributed by atoms with Gasteiger partial charge in [0.2, 0.25) is 0 Å². The number of aliphatic hydroxyl groups is 1. The van der Waals surface area contributed by atoms with Crippen molar-refractivity contribution in [3.8, 4) is 0 Å². The predicted molar refractivity (Wildman–Crippen MR) is 64.7 cm³/mol. The van der Waals surface area contributed by atoms with Crippen LogP contribution in [0.2, 0.25) is 0 Å². The average Bonchev–Trinajstić information content (AvgIpc) is 2.26. The summed E-state index contributed by atoms with van der Waals surface area (Å²) in [6.07, 6.45) is 3.33. The fraction of sp³-hybridized carbons (Fsp3) is 0.143. The lowest BCUT2D eigenvalue weighted by Crippen LogP contribution is -1.91. The summed E-state index contributed by atoms with van der Waals surface area (Å²) in [5.41, 5.74) is 1.12. The van der Waals surface area contributed by atoms with Crippen molar-refractivity contribution in [1.29, 1.82) is 0 Å². The first-order valence-electron chi connectivity index (χ1n) is 5.11. The van der Waals surface area contributed by atoms with Crippen LogP contribution in [0.15, 0.2) is 48.5 Å². The van der Waals surface area contributed by atoms with Gasteiger partial charge < -0.3 is 5.11 Å². The van der Waals surface area contributed by atoms with E-state index in [2.05, 4.69) is 30.3 Å². The molecule has 0 bridgehead atoms. The zero-order valence-corrected chi connectivity index (χ0v) is 8.72. The Bertz CT molecular complexity index is 483. The maximum atomic E-state index is 9.14. The number of fused-ring (bicyclic) bond motifs is 1. The lowest BCUT2D eigenvalue weighted by atomic mass is 10.1. The lowest BCUT2D eigenvalue weighted by molar-refractivity contribution is 0.245. The van der Waals surface area contributed by atoms with Crippen LogP contribution >= 0.6 is 0 Å². The van der Waals surface area contributed by atoms with Crippen LogP contribution in [0.3, 0.4) is 0 Å². The number of rotatable bonds is 2. The molecule has 0 unspecified atom stereocenters. The number of benzene rings is 2. The van der Waals surface area contributed by atoms with Gasteiger partial charge in [0, 0.05) is 0 Å². The molecule has 2 aromatic carbocycles. The molecule has 0 radical (unpaired) electrons. The molecular weight excluding hydrogens is 184 g/mol. The van der Waals surface area contributed by atoms with Crippen LogP contribution in [0.4, 0.5) is 0 Å². The zero-order valence-electron chi connectivity index (χ0n) is 8.72. The first-order chi connectivity index (χ1) is 7.25. The van der Waals surface area contributed by atoms with Gasteiger partial charge in [0.05, 0.1) is 6.10 Å². The third-order valence-electron chi connectivity index (χ3n) is 2.34. The van der Waals surface area contributed by atoms with Crippen LogP contribution in [0.5, 0.6) is 0 Å². The molecule has 0 fully saturated rings. The standard InChI is InChI=1S/C14H14O/c1-11(15)6-7-12-8-9-13-4-2-3-5-14(13)10-12/h2-11,15H,1H3/b7-6+/t11-/m0/s1. The highest BCUT2D eigenvalue weighted by Gasteiger charge is 1.93. The van der Waals surface area contributed by atoms with Gasteiger partial charge in [0.15, 0.2) is 0 Å². The maximum absolute atomic E-state index is 9.14. The molecule has 1 nitrogen and oxygen atoms in total. The Hall–Kier alpha value is -1.60. The Morgan fingerprint density at radius 3 is 2.53 bits per heavy atom. The molecule has 0 aliphatic carbocycles. The van der Waals surface area contributed by atoms with Crippen LogP contribution < -0.4 is 0 Å². The van der Waals surface area contributed by atoms with E-state index in [0.29, 0.717) is 0 Å². The van der Waals surface area contributed by atoms with Gasteiger partial charge in [-0.25, -0.2) is 0 Å². The van der Waals surface area contributed by atoms with Crippen molar-refractivity contribution < 1.29 is 5.11 Å². The van der Waals surface area contributed by atoms with Crippen LogP contribution in [0, 0.1) is 0 Å². The topological polar surface area (TPSA) is 20.2 Å². The summed E-state index contributed by atoms with van der Waals surface area (Å²) in [5, 5.41) is 11.6. The molecule has 1 heteroatoms. The lowest BCUT2D eigenvalue weighted by Gasteiger charge is -1.99. The van der Waals surface area contributed by atoms with Crippen LogP contribution in [-0.2, 0) is 0 Å². The van der Waals surface area contributed by atoms with Crippen molar-refractivity contribution >= 4 is 16.8 Å². The molecule has 0 saturated heterocycles. The molecule has 2 rings (SSSR count). The third kappa shape index (κ3) is 2.45. The third-order valence-corrected chi connectivity index (χ3v) is 2.34. The molecule has 0 aromatic heterocycles. The molecule has 2 aromatic rings. The van der Waals surface area contributed by atoms with Crippen LogP contribution in [-0.4, -0.2) is 11.2 Å². The second-order valence-electron chi connectivity index (χ2n) is 3.71. The molecular formula is C14H14O. The Balaban J connectivity index is 2.39. The van der Waals surface area contributed by atoms with Gasteiger partial charge in [-0.05, 0) is 29.3 Å². The van der Waals surface area contributed by atoms with Gasteiger partial charge >= 0.3 is 0 Å². The summed E-state index contributed by atoms with van der Waals surface area (Å²) in [6.45, 7) is 1.75. The van der Waals surface area contributed by atoms with Gasteiger partial charge in [-0.1, -0.05) is 48.6 Å². The van der Waals surface area contributed by atoms with E-state index < -0.39 is 6.10 Å². The van der Waals surface area contributed by atoms with E-state index in [-0.39, 0.29) is 0 Å². The largest absolute Gasteiger partial charge is 0.389 e. The Kier molecular flexibility index (Phi) is 2.84. The van der Waals surface area contributed by atoms with Gasteiger partial charge in [-0.3, -0.25) is 0 Å². The van der Waals surface area contributed by atoms with E-state index >= 15 is 0 Å². The van der Waals surface area contributed by atoms with Gasteiger partial charge in [0.25, 0.3) is 0 Å². The highest BCUT2D eigenvalue weighted by Crippen LogP contribution is 2.16. The summed E-state index contributed by atoms with van der Waals surface area (Å²) in [6, 6.07) is 14.5. The number of aliphatic hydroxyl groups excluding tert-OH is 1. The van der Waals surface area contributed by atoms with Crippen LogP contribution in [0.25, 0.3) is 16.8 Å². The molecule has 0 spiro atoms. The minimum Gasteiger partial charge on any atom is -0.389 e. The first-order valence-corrected chi connectivity index (χ1v) is 5.11. The minimum absolute atomic E-state index is 0.392. The Morgan fingerprint density at radius 1 is 1.07 bits per heavy atom. The van der Waals surface area contributed by atoms with E-state index in [4.69, 9.17) is 5.11 Å². The van der Waals surface area contributed by atoms with Gasteiger partial charge in [-0.2, -0.15) is 0 Å². The van der Waals surface area contributed by atoms with Crippen molar-refractivity contribution in [1.82, 2.24) is 0 Å². The SMILES string of the molecule is C[C@H](O)/C=C/c1ccc2ccccc2c1. The molecule has 15 heavy (non-hydrogen) atoms. The van der Waals surface area contributed by atoms with Gasteiger partial charge in [0.1, 0.15) is 0 Å². The second kappa shape index (κ2) is 4.28. The second-order valence-corrected chi connectivity index (χ2v) is 3.71. The highest BCUT2D eigenvalue weighted by molar-refractivity contribution is 5.84. The quantitative estimate of drug-likeness (QED) is 0.785. The normalized spacial score (nSPS) is 13.5. The summed E-state index contributed by atoms with van der Waals surface area (Å²) >= 11 is 0.